The van der Waals surface area contributed by atoms with E-state index in [0.717, 1.165) is 10.9 Å². The monoisotopic (exact) mass is 843 g/mol. The van der Waals surface area contributed by atoms with Gasteiger partial charge in [-0.15, -0.1) is 0 Å². The molecule has 0 bridgehead atoms. The van der Waals surface area contributed by atoms with E-state index in [1.54, 1.807) is 87.6 Å². The molecule has 4 atom stereocenters. The summed E-state index contributed by atoms with van der Waals surface area (Å²) in [6.07, 6.45) is 2.22. The van der Waals surface area contributed by atoms with Crippen molar-refractivity contribution in [3.05, 3.63) is 108 Å². The van der Waals surface area contributed by atoms with Crippen LogP contribution in [0.1, 0.15) is 50.3 Å². The maximum absolute atomic E-state index is 14.1. The van der Waals surface area contributed by atoms with E-state index in [1.807, 2.05) is 30.5 Å². The minimum atomic E-state index is -1.55. The molecule has 0 aliphatic heterocycles. The van der Waals surface area contributed by atoms with Gasteiger partial charge in [0.05, 0.1) is 6.42 Å². The molecule has 0 aliphatic rings. The first-order valence-electron chi connectivity index (χ1n) is 19.4. The summed E-state index contributed by atoms with van der Waals surface area (Å²) in [7, 11) is 0. The summed E-state index contributed by atoms with van der Waals surface area (Å²) in [5.74, 6) is -4.37. The number of hydrogen-bond acceptors (Lipinski definition) is 10. The molecule has 0 saturated carbocycles. The summed E-state index contributed by atoms with van der Waals surface area (Å²) >= 11 is 1.40. The largest absolute Gasteiger partial charge is 0.461 e. The molecule has 1 heterocycles. The number of H-pyrrole nitrogens is 1. The van der Waals surface area contributed by atoms with Gasteiger partial charge in [-0.1, -0.05) is 78.9 Å². The van der Waals surface area contributed by atoms with Crippen molar-refractivity contribution >= 4 is 64.3 Å². The third-order valence-corrected chi connectivity index (χ3v) is 9.62. The third-order valence-electron chi connectivity index (χ3n) is 8.98. The summed E-state index contributed by atoms with van der Waals surface area (Å²) in [6, 6.07) is 19.9. The van der Waals surface area contributed by atoms with Gasteiger partial charge in [-0.05, 0) is 62.0 Å². The number of primary amides is 1. The number of carbonyl (C=O) groups excluding carboxylic acids is 7. The second kappa shape index (κ2) is 22.7. The number of esters is 1. The number of nitrogens with one attached hydrogen (secondary N) is 6. The summed E-state index contributed by atoms with van der Waals surface area (Å²) in [6.45, 7) is 4.43. The van der Waals surface area contributed by atoms with Gasteiger partial charge in [0.1, 0.15) is 42.9 Å². The average Bonchev–Trinajstić information content (AvgIpc) is 3.62. The third kappa shape index (κ3) is 15.4. The van der Waals surface area contributed by atoms with Gasteiger partial charge < -0.3 is 46.8 Å². The van der Waals surface area contributed by atoms with E-state index in [2.05, 4.69) is 31.6 Å². The van der Waals surface area contributed by atoms with Crippen molar-refractivity contribution in [1.29, 1.82) is 0 Å². The molecule has 320 valence electrons. The van der Waals surface area contributed by atoms with E-state index in [9.17, 15) is 33.6 Å². The summed E-state index contributed by atoms with van der Waals surface area (Å²) in [5, 5.41) is 13.7. The molecule has 4 rings (SSSR count). The second-order valence-corrected chi connectivity index (χ2v) is 15.9. The molecule has 0 saturated heterocycles. The number of nitrogens with two attached hydrogens (primary N) is 1. The van der Waals surface area contributed by atoms with Gasteiger partial charge in [-0.2, -0.15) is 11.8 Å². The quantitative estimate of drug-likeness (QED) is 0.0606. The number of para-hydroxylation sites is 1. The van der Waals surface area contributed by atoms with Crippen LogP contribution in [0.15, 0.2) is 91.1 Å². The smallest absolute Gasteiger partial charge is 0.408 e. The number of rotatable bonds is 21. The highest BCUT2D eigenvalue weighted by Gasteiger charge is 2.33. The van der Waals surface area contributed by atoms with E-state index in [4.69, 9.17) is 15.2 Å². The number of thioether (sulfide) groups is 1. The number of hydrogen-bond donors (Lipinski definition) is 7. The fraction of sp³-hybridized carbons (Fsp3) is 0.372. The van der Waals surface area contributed by atoms with Crippen molar-refractivity contribution in [2.24, 2.45) is 5.73 Å². The molecular formula is C43H53N7O9S. The number of ether oxygens (including phenoxy) is 2. The highest BCUT2D eigenvalue weighted by atomic mass is 32.2. The predicted octanol–water partition coefficient (Wildman–Crippen LogP) is 2.79. The Kier molecular flexibility index (Phi) is 17.5. The number of alkyl carbamates (subject to hydrolysis) is 1. The van der Waals surface area contributed by atoms with Crippen molar-refractivity contribution in [3.8, 4) is 0 Å². The molecule has 4 aromatic rings. The van der Waals surface area contributed by atoms with Gasteiger partial charge in [-0.3, -0.25) is 28.8 Å². The van der Waals surface area contributed by atoms with Crippen LogP contribution < -0.4 is 32.3 Å². The normalized spacial score (nSPS) is 13.1. The standard InChI is InChI=1S/C43H53N7O9S/c1-43(2,3)59-42(57)46-25-36(51)47-34(22-29-24-45-31-18-12-11-17-30(29)31)40(55)48-32(19-20-60-4)39(54)50-35(23-37(52)58-26-28-15-9-6-10-16-28)41(56)49-33(38(44)53)21-27-13-7-5-8-14-27/h5-18,24,32-35,45H,19-23,25-26H2,1-4H3,(H2,44,53)(H,46,57)(H,47,51)(H,48,55)(H,49,56)(H,50,54). The minimum Gasteiger partial charge on any atom is -0.461 e. The Balaban J connectivity index is 1.55. The lowest BCUT2D eigenvalue weighted by Gasteiger charge is -2.26. The van der Waals surface area contributed by atoms with E-state index >= 15 is 0 Å². The maximum atomic E-state index is 14.1. The molecular weight excluding hydrogens is 791 g/mol. The minimum absolute atomic E-state index is 0.000896. The Morgan fingerprint density at radius 3 is 1.95 bits per heavy atom. The Bertz CT molecular complexity index is 2090. The van der Waals surface area contributed by atoms with Crippen molar-refractivity contribution in [2.45, 2.75) is 82.8 Å². The van der Waals surface area contributed by atoms with Crippen molar-refractivity contribution in [2.75, 3.05) is 18.6 Å². The van der Waals surface area contributed by atoms with Crippen LogP contribution in [0.3, 0.4) is 0 Å². The number of amides is 6. The first kappa shape index (κ1) is 46.3. The average molecular weight is 844 g/mol. The molecule has 16 nitrogen and oxygen atoms in total. The van der Waals surface area contributed by atoms with Crippen LogP contribution in [0, 0.1) is 0 Å². The SMILES string of the molecule is CSCCC(NC(=O)C(Cc1c[nH]c2ccccc12)NC(=O)CNC(=O)OC(C)(C)C)C(=O)NC(CC(=O)OCc1ccccc1)C(=O)NC(Cc1ccccc1)C(N)=O. The van der Waals surface area contributed by atoms with Gasteiger partial charge in [0.15, 0.2) is 0 Å². The highest BCUT2D eigenvalue weighted by molar-refractivity contribution is 7.98. The zero-order valence-electron chi connectivity index (χ0n) is 34.1. The lowest BCUT2D eigenvalue weighted by atomic mass is 10.0. The number of carbonyl (C=O) groups is 7. The van der Waals surface area contributed by atoms with Crippen molar-refractivity contribution < 1.29 is 43.0 Å². The van der Waals surface area contributed by atoms with Crippen molar-refractivity contribution in [1.82, 2.24) is 31.6 Å². The summed E-state index contributed by atoms with van der Waals surface area (Å²) in [5.41, 5.74) is 7.76. The fourth-order valence-corrected chi connectivity index (χ4v) is 6.48. The molecule has 4 unspecified atom stereocenters. The van der Waals surface area contributed by atoms with Gasteiger partial charge in [0.25, 0.3) is 0 Å². The van der Waals surface area contributed by atoms with Crippen LogP contribution in [0.5, 0.6) is 0 Å². The van der Waals surface area contributed by atoms with Gasteiger partial charge >= 0.3 is 12.1 Å². The number of fused-ring (bicyclic) bond motifs is 1. The fourth-order valence-electron chi connectivity index (χ4n) is 6.01. The van der Waals surface area contributed by atoms with Crippen LogP contribution in [0.4, 0.5) is 4.79 Å². The zero-order chi connectivity index (χ0) is 43.7. The van der Waals surface area contributed by atoms with Crippen LogP contribution in [0.25, 0.3) is 10.9 Å². The van der Waals surface area contributed by atoms with E-state index in [0.29, 0.717) is 22.4 Å². The van der Waals surface area contributed by atoms with Crippen LogP contribution in [-0.4, -0.2) is 94.9 Å². The van der Waals surface area contributed by atoms with Gasteiger partial charge in [0.2, 0.25) is 29.5 Å². The van der Waals surface area contributed by atoms with E-state index in [1.165, 1.54) is 11.8 Å². The number of aromatic nitrogens is 1. The molecule has 60 heavy (non-hydrogen) atoms. The summed E-state index contributed by atoms with van der Waals surface area (Å²) in [4.78, 5) is 96.2. The first-order chi connectivity index (χ1) is 28.6. The number of aromatic amines is 1. The Morgan fingerprint density at radius 2 is 1.30 bits per heavy atom. The number of benzene rings is 3. The molecule has 3 aromatic carbocycles. The topological polar surface area (TPSA) is 240 Å². The summed E-state index contributed by atoms with van der Waals surface area (Å²) < 4.78 is 10.6. The van der Waals surface area contributed by atoms with E-state index < -0.39 is 84.3 Å². The molecule has 8 N–H and O–H groups in total. The van der Waals surface area contributed by atoms with E-state index in [-0.39, 0.29) is 25.9 Å². The van der Waals surface area contributed by atoms with Crippen molar-refractivity contribution in [3.63, 3.8) is 0 Å². The van der Waals surface area contributed by atoms with Crippen LogP contribution >= 0.6 is 11.8 Å². The van der Waals surface area contributed by atoms with Gasteiger partial charge in [-0.25, -0.2) is 4.79 Å². The first-order valence-corrected chi connectivity index (χ1v) is 20.7. The Hall–Kier alpha value is -6.36. The van der Waals surface area contributed by atoms with Crippen LogP contribution in [0.2, 0.25) is 0 Å². The molecule has 0 aliphatic carbocycles. The van der Waals surface area contributed by atoms with Gasteiger partial charge in [0, 0.05) is 29.9 Å². The molecule has 0 fully saturated rings. The molecule has 0 radical (unpaired) electrons. The predicted molar refractivity (Wildman–Crippen MR) is 227 cm³/mol. The molecule has 17 heteroatoms. The zero-order valence-corrected chi connectivity index (χ0v) is 34.9. The molecule has 1 aromatic heterocycles. The lowest BCUT2D eigenvalue weighted by molar-refractivity contribution is -0.147. The second-order valence-electron chi connectivity index (χ2n) is 14.9. The Morgan fingerprint density at radius 1 is 0.717 bits per heavy atom. The molecule has 6 amide bonds. The molecule has 0 spiro atoms. The highest BCUT2D eigenvalue weighted by Crippen LogP contribution is 2.19. The van der Waals surface area contributed by atoms with Crippen LogP contribution in [-0.2, 0) is 57.7 Å². The maximum Gasteiger partial charge on any atom is 0.408 e. The Labute approximate surface area is 352 Å². The lowest BCUT2D eigenvalue weighted by Crippen LogP contribution is -2.59.